The van der Waals surface area contributed by atoms with Crippen LogP contribution in [0.5, 0.6) is 5.75 Å². The van der Waals surface area contributed by atoms with Crippen molar-refractivity contribution in [2.24, 2.45) is 0 Å². The topological polar surface area (TPSA) is 70.4 Å². The molecule has 0 radical (unpaired) electrons. The summed E-state index contributed by atoms with van der Waals surface area (Å²) >= 11 is 0. The lowest BCUT2D eigenvalue weighted by Crippen LogP contribution is -2.21. The summed E-state index contributed by atoms with van der Waals surface area (Å²) in [5, 5.41) is 16.8. The summed E-state index contributed by atoms with van der Waals surface area (Å²) in [6, 6.07) is 5.53. The molecule has 21 heavy (non-hydrogen) atoms. The number of carboxylic acids is 1. The Bertz CT molecular complexity index is 642. The first-order valence-electron chi connectivity index (χ1n) is 5.29. The van der Waals surface area contributed by atoms with Gasteiger partial charge in [0.25, 0.3) is 6.43 Å². The van der Waals surface area contributed by atoms with Crippen molar-refractivity contribution in [3.8, 4) is 5.75 Å². The molecule has 0 bridgehead atoms. The van der Waals surface area contributed by atoms with Crippen LogP contribution in [0, 0.1) is 0 Å². The number of fused-ring (bicyclic) bond motifs is 1. The average Bonchev–Trinajstić information content (AvgIpc) is 2.38. The highest BCUT2D eigenvalue weighted by molar-refractivity contribution is 5.87. The first-order valence-corrected chi connectivity index (χ1v) is 5.29. The van der Waals surface area contributed by atoms with Crippen molar-refractivity contribution in [1.82, 2.24) is 4.98 Å². The third kappa shape index (κ3) is 4.26. The molecule has 0 atom stereocenters. The highest BCUT2D eigenvalue weighted by Crippen LogP contribution is 2.31. The summed E-state index contributed by atoms with van der Waals surface area (Å²) in [5.41, 5.74) is 0.108. The van der Waals surface area contributed by atoms with Crippen LogP contribution in [0.25, 0.3) is 10.9 Å². The second-order valence-electron chi connectivity index (χ2n) is 3.68. The van der Waals surface area contributed by atoms with E-state index in [4.69, 9.17) is 9.90 Å². The molecule has 114 valence electrons. The van der Waals surface area contributed by atoms with Crippen LogP contribution < -0.4 is 0 Å². The third-order valence-corrected chi connectivity index (χ3v) is 2.26. The van der Waals surface area contributed by atoms with Gasteiger partial charge in [0.2, 0.25) is 0 Å². The quantitative estimate of drug-likeness (QED) is 0.791. The zero-order valence-corrected chi connectivity index (χ0v) is 10.1. The van der Waals surface area contributed by atoms with Crippen LogP contribution >= 0.6 is 0 Å². The first kappa shape index (κ1) is 16.6. The number of aliphatic carboxylic acids is 1. The van der Waals surface area contributed by atoms with Gasteiger partial charge >= 0.3 is 12.1 Å². The van der Waals surface area contributed by atoms with E-state index in [-0.39, 0.29) is 16.8 Å². The molecule has 1 aromatic heterocycles. The van der Waals surface area contributed by atoms with Crippen LogP contribution in [0.2, 0.25) is 0 Å². The molecule has 0 saturated carbocycles. The summed E-state index contributed by atoms with van der Waals surface area (Å²) in [6.45, 7) is 0. The minimum absolute atomic E-state index is 0.0787. The number of phenolic OH excluding ortho intramolecular Hbond substituents is 1. The van der Waals surface area contributed by atoms with Gasteiger partial charge in [-0.25, -0.2) is 13.6 Å². The number of carboxylic acid groups (broad SMARTS) is 1. The summed E-state index contributed by atoms with van der Waals surface area (Å²) in [7, 11) is 0. The van der Waals surface area contributed by atoms with Crippen molar-refractivity contribution >= 4 is 16.9 Å². The molecule has 0 saturated heterocycles. The van der Waals surface area contributed by atoms with E-state index in [0.717, 1.165) is 0 Å². The first-order chi connectivity index (χ1) is 9.64. The fraction of sp³-hybridized carbons (Fsp3) is 0.167. The number of aromatic hydroxyl groups is 1. The molecular weight excluding hydrogens is 301 g/mol. The smallest absolute Gasteiger partial charge is 0.490 e. The van der Waals surface area contributed by atoms with Gasteiger partial charge in [-0.2, -0.15) is 13.2 Å². The van der Waals surface area contributed by atoms with Crippen LogP contribution in [0.15, 0.2) is 30.5 Å². The lowest BCUT2D eigenvalue weighted by molar-refractivity contribution is -0.192. The van der Waals surface area contributed by atoms with Crippen molar-refractivity contribution in [2.75, 3.05) is 0 Å². The second-order valence-corrected chi connectivity index (χ2v) is 3.68. The molecule has 4 nitrogen and oxygen atoms in total. The standard InChI is InChI=1S/C10H7F2NO.C2HF3O2/c11-10(12)7-3-4-8(14)9-6(7)2-1-5-13-9;3-2(4,5)1(6)7/h1-5,10,14H;(H,6,7). The zero-order valence-electron chi connectivity index (χ0n) is 10.1. The van der Waals surface area contributed by atoms with Crippen molar-refractivity contribution in [1.29, 1.82) is 0 Å². The number of benzene rings is 1. The third-order valence-electron chi connectivity index (χ3n) is 2.26. The number of nitrogens with zero attached hydrogens (tertiary/aromatic N) is 1. The van der Waals surface area contributed by atoms with E-state index in [1.807, 2.05) is 0 Å². The largest absolute Gasteiger partial charge is 0.506 e. The predicted octanol–water partition coefficient (Wildman–Crippen LogP) is 3.51. The Balaban J connectivity index is 0.000000270. The van der Waals surface area contributed by atoms with Crippen LogP contribution in [-0.4, -0.2) is 27.3 Å². The number of hydrogen-bond acceptors (Lipinski definition) is 3. The molecular formula is C12H8F5NO3. The molecule has 9 heteroatoms. The lowest BCUT2D eigenvalue weighted by Gasteiger charge is -2.05. The van der Waals surface area contributed by atoms with Gasteiger partial charge in [0.15, 0.2) is 0 Å². The van der Waals surface area contributed by atoms with Gasteiger partial charge in [-0.1, -0.05) is 6.07 Å². The fourth-order valence-corrected chi connectivity index (χ4v) is 1.37. The fourth-order valence-electron chi connectivity index (χ4n) is 1.37. The van der Waals surface area contributed by atoms with E-state index < -0.39 is 18.6 Å². The monoisotopic (exact) mass is 309 g/mol. The summed E-state index contributed by atoms with van der Waals surface area (Å²) < 4.78 is 56.8. The molecule has 1 aromatic carbocycles. The van der Waals surface area contributed by atoms with E-state index >= 15 is 0 Å². The highest BCUT2D eigenvalue weighted by atomic mass is 19.4. The van der Waals surface area contributed by atoms with Crippen molar-refractivity contribution < 1.29 is 37.0 Å². The number of phenols is 1. The molecule has 0 amide bonds. The Morgan fingerprint density at radius 1 is 1.19 bits per heavy atom. The Labute approximate surface area is 114 Å². The Morgan fingerprint density at radius 3 is 2.24 bits per heavy atom. The molecule has 2 aromatic rings. The molecule has 2 rings (SSSR count). The van der Waals surface area contributed by atoms with Crippen molar-refractivity contribution in [3.63, 3.8) is 0 Å². The number of pyridine rings is 1. The van der Waals surface area contributed by atoms with Gasteiger partial charge in [0, 0.05) is 17.1 Å². The molecule has 0 aliphatic rings. The average molecular weight is 309 g/mol. The molecule has 0 unspecified atom stereocenters. The van der Waals surface area contributed by atoms with Gasteiger partial charge in [0.05, 0.1) is 0 Å². The number of hydrogen-bond donors (Lipinski definition) is 2. The maximum absolute atomic E-state index is 12.5. The molecule has 0 fully saturated rings. The number of alkyl halides is 5. The zero-order chi connectivity index (χ0) is 16.2. The van der Waals surface area contributed by atoms with Crippen molar-refractivity contribution in [3.05, 3.63) is 36.0 Å². The Kier molecular flexibility index (Phi) is 5.01. The van der Waals surface area contributed by atoms with Crippen LogP contribution in [0.1, 0.15) is 12.0 Å². The number of aromatic nitrogens is 1. The van der Waals surface area contributed by atoms with E-state index in [1.54, 1.807) is 6.07 Å². The predicted molar refractivity (Wildman–Crippen MR) is 62.1 cm³/mol. The minimum Gasteiger partial charge on any atom is -0.506 e. The van der Waals surface area contributed by atoms with Crippen LogP contribution in [0.4, 0.5) is 22.0 Å². The molecule has 1 heterocycles. The molecule has 0 spiro atoms. The van der Waals surface area contributed by atoms with Gasteiger partial charge < -0.3 is 10.2 Å². The van der Waals surface area contributed by atoms with Gasteiger partial charge in [-0.05, 0) is 18.2 Å². The molecule has 0 aliphatic carbocycles. The minimum atomic E-state index is -5.08. The molecule has 2 N–H and O–H groups in total. The maximum atomic E-state index is 12.5. The SMILES string of the molecule is O=C(O)C(F)(F)F.Oc1ccc(C(F)F)c2cccnc12. The summed E-state index contributed by atoms with van der Waals surface area (Å²) in [5.74, 6) is -2.84. The Hall–Kier alpha value is -2.45. The van der Waals surface area contributed by atoms with E-state index in [1.165, 1.54) is 24.4 Å². The van der Waals surface area contributed by atoms with E-state index in [2.05, 4.69) is 4.98 Å². The van der Waals surface area contributed by atoms with Crippen molar-refractivity contribution in [2.45, 2.75) is 12.6 Å². The van der Waals surface area contributed by atoms with Gasteiger partial charge in [0.1, 0.15) is 11.3 Å². The number of halogens is 5. The molecule has 0 aliphatic heterocycles. The lowest BCUT2D eigenvalue weighted by atomic mass is 10.1. The second kappa shape index (κ2) is 6.33. The van der Waals surface area contributed by atoms with Crippen LogP contribution in [-0.2, 0) is 4.79 Å². The highest BCUT2D eigenvalue weighted by Gasteiger charge is 2.38. The number of rotatable bonds is 1. The van der Waals surface area contributed by atoms with E-state index in [0.29, 0.717) is 5.39 Å². The van der Waals surface area contributed by atoms with Crippen LogP contribution in [0.3, 0.4) is 0 Å². The maximum Gasteiger partial charge on any atom is 0.490 e. The van der Waals surface area contributed by atoms with E-state index in [9.17, 15) is 27.1 Å². The Morgan fingerprint density at radius 2 is 1.76 bits per heavy atom. The normalized spacial score (nSPS) is 11.1. The summed E-state index contributed by atoms with van der Waals surface area (Å²) in [4.78, 5) is 12.7. The van der Waals surface area contributed by atoms with Gasteiger partial charge in [-0.3, -0.25) is 4.98 Å². The summed E-state index contributed by atoms with van der Waals surface area (Å²) in [6.07, 6.45) is -6.18. The number of carbonyl (C=O) groups is 1. The van der Waals surface area contributed by atoms with Gasteiger partial charge in [-0.15, -0.1) is 0 Å².